The molecule has 0 N–H and O–H groups in total. The topological polar surface area (TPSA) is 3.24 Å². The van der Waals surface area contributed by atoms with Gasteiger partial charge in [-0.2, -0.15) is 0 Å². The molecule has 0 heterocycles. The Balaban J connectivity index is 2.54. The third-order valence-electron chi connectivity index (χ3n) is 2.15. The zero-order chi connectivity index (χ0) is 9.14. The molecule has 1 aliphatic carbocycles. The minimum absolute atomic E-state index is 0.510. The van der Waals surface area contributed by atoms with E-state index in [1.54, 1.807) is 0 Å². The second-order valence-electron chi connectivity index (χ2n) is 3.69. The van der Waals surface area contributed by atoms with Crippen molar-refractivity contribution in [2.24, 2.45) is 5.92 Å². The van der Waals surface area contributed by atoms with Crippen LogP contribution in [-0.2, 0) is 0 Å². The van der Waals surface area contributed by atoms with Gasteiger partial charge in [0.25, 0.3) is 0 Å². The summed E-state index contributed by atoms with van der Waals surface area (Å²) in [6.07, 6.45) is 3.11. The van der Waals surface area contributed by atoms with E-state index < -0.39 is 0 Å². The van der Waals surface area contributed by atoms with Gasteiger partial charge in [-0.15, -0.1) is 12.3 Å². The molecule has 0 aromatic carbocycles. The van der Waals surface area contributed by atoms with Crippen LogP contribution in [0.15, 0.2) is 29.5 Å². The lowest BCUT2D eigenvalue weighted by atomic mass is 9.88. The fourth-order valence-corrected chi connectivity index (χ4v) is 1.33. The largest absolute Gasteiger partial charge is 0.305 e. The van der Waals surface area contributed by atoms with Crippen molar-refractivity contribution in [1.82, 2.24) is 4.90 Å². The maximum Gasteiger partial charge on any atom is 0.0265 e. The molecule has 0 saturated heterocycles. The maximum atomic E-state index is 3.77. The molecule has 1 nitrogen and oxygen atoms in total. The predicted molar refractivity (Wildman–Crippen MR) is 53.1 cm³/mol. The lowest BCUT2D eigenvalue weighted by molar-refractivity contribution is 0.437. The van der Waals surface area contributed by atoms with Gasteiger partial charge in [0.2, 0.25) is 0 Å². The Labute approximate surface area is 75.1 Å². The molecule has 66 valence electrons. The summed E-state index contributed by atoms with van der Waals surface area (Å²) in [5.74, 6) is 0.510. The summed E-state index contributed by atoms with van der Waals surface area (Å²) in [4.78, 5) is 2.18. The first-order valence-corrected chi connectivity index (χ1v) is 4.38. The molecule has 0 radical (unpaired) electrons. The highest BCUT2D eigenvalue weighted by Gasteiger charge is 2.15. The Hall–Kier alpha value is -0.780. The molecule has 1 heteroatoms. The van der Waals surface area contributed by atoms with Gasteiger partial charge in [-0.25, -0.2) is 0 Å². The Morgan fingerprint density at radius 3 is 2.67 bits per heavy atom. The summed E-state index contributed by atoms with van der Waals surface area (Å²) in [6, 6.07) is 0. The zero-order valence-electron chi connectivity index (χ0n) is 8.22. The monoisotopic (exact) mass is 163 g/mol. The summed E-state index contributed by atoms with van der Waals surface area (Å²) in [5, 5.41) is 0. The van der Waals surface area contributed by atoms with Gasteiger partial charge in [0.15, 0.2) is 0 Å². The van der Waals surface area contributed by atoms with Crippen molar-refractivity contribution in [2.45, 2.75) is 13.3 Å². The average molecular weight is 163 g/mol. The number of hydrogen-bond donors (Lipinski definition) is 0. The zero-order valence-corrected chi connectivity index (χ0v) is 8.22. The molecule has 0 aromatic rings. The van der Waals surface area contributed by atoms with Crippen molar-refractivity contribution in [2.75, 3.05) is 20.6 Å². The first-order valence-electron chi connectivity index (χ1n) is 4.38. The van der Waals surface area contributed by atoms with E-state index in [4.69, 9.17) is 0 Å². The van der Waals surface area contributed by atoms with Crippen molar-refractivity contribution in [3.05, 3.63) is 29.5 Å². The van der Waals surface area contributed by atoms with Gasteiger partial charge in [-0.05, 0) is 25.2 Å². The van der Waals surface area contributed by atoms with Gasteiger partial charge in [0.05, 0.1) is 0 Å². The summed E-state index contributed by atoms with van der Waals surface area (Å²) in [5.41, 5.74) is 6.21. The molecule has 0 amide bonds. The molecule has 0 spiro atoms. The highest BCUT2D eigenvalue weighted by molar-refractivity contribution is 5.30. The van der Waals surface area contributed by atoms with Crippen LogP contribution in [0.5, 0.6) is 0 Å². The van der Waals surface area contributed by atoms with Crippen molar-refractivity contribution in [1.29, 1.82) is 0 Å². The Morgan fingerprint density at radius 1 is 1.67 bits per heavy atom. The summed E-state index contributed by atoms with van der Waals surface area (Å²) in [6.45, 7) is 6.99. The number of allylic oxidation sites excluding steroid dienone is 1. The molecule has 1 aliphatic rings. The molecule has 1 atom stereocenters. The number of rotatable bonds is 4. The number of nitrogens with zero attached hydrogens (tertiary/aromatic N) is 1. The van der Waals surface area contributed by atoms with E-state index in [9.17, 15) is 0 Å². The third-order valence-corrected chi connectivity index (χ3v) is 2.15. The Kier molecular flexibility index (Phi) is 2.91. The fraction of sp³-hybridized carbons (Fsp3) is 0.545. The van der Waals surface area contributed by atoms with Crippen LogP contribution in [0.1, 0.15) is 13.3 Å². The van der Waals surface area contributed by atoms with Crippen LogP contribution in [-0.4, -0.2) is 25.5 Å². The fourth-order valence-electron chi connectivity index (χ4n) is 1.33. The highest BCUT2D eigenvalue weighted by atomic mass is 15.0. The van der Waals surface area contributed by atoms with Crippen LogP contribution in [0.25, 0.3) is 0 Å². The first kappa shape index (κ1) is 9.31. The molecular weight excluding hydrogens is 146 g/mol. The second kappa shape index (κ2) is 3.75. The van der Waals surface area contributed by atoms with E-state index in [1.807, 2.05) is 6.08 Å². The number of hydrogen-bond acceptors (Lipinski definition) is 1. The van der Waals surface area contributed by atoms with Gasteiger partial charge < -0.3 is 4.90 Å². The van der Waals surface area contributed by atoms with Crippen LogP contribution in [0.3, 0.4) is 0 Å². The first-order chi connectivity index (χ1) is 5.63. The van der Waals surface area contributed by atoms with E-state index in [-0.39, 0.29) is 0 Å². The smallest absolute Gasteiger partial charge is 0.0265 e. The summed E-state index contributed by atoms with van der Waals surface area (Å²) < 4.78 is 0. The highest BCUT2D eigenvalue weighted by Crippen LogP contribution is 2.26. The van der Waals surface area contributed by atoms with Gasteiger partial charge in [-0.1, -0.05) is 13.0 Å². The molecule has 0 bridgehead atoms. The van der Waals surface area contributed by atoms with Crippen molar-refractivity contribution >= 4 is 0 Å². The van der Waals surface area contributed by atoms with Crippen molar-refractivity contribution in [3.63, 3.8) is 0 Å². The minimum atomic E-state index is 0.510. The summed E-state index contributed by atoms with van der Waals surface area (Å²) >= 11 is 0. The van der Waals surface area contributed by atoms with Crippen molar-refractivity contribution in [3.8, 4) is 0 Å². The maximum absolute atomic E-state index is 3.77. The standard InChI is InChI=1S/C11H17N/c1-5-9(2)11-6-10(7-11)8-12(3)4/h5,9H,1,6,8H2,2-4H3. The van der Waals surface area contributed by atoms with E-state index >= 15 is 0 Å². The molecule has 1 rings (SSSR count). The number of likely N-dealkylation sites (N-methyl/N-ethyl adjacent to an activating group) is 1. The molecular formula is C11H17N. The van der Waals surface area contributed by atoms with Crippen LogP contribution in [0.2, 0.25) is 0 Å². The van der Waals surface area contributed by atoms with Crippen LogP contribution in [0.4, 0.5) is 0 Å². The van der Waals surface area contributed by atoms with E-state index in [0.717, 1.165) is 13.0 Å². The molecule has 1 unspecified atom stereocenters. The van der Waals surface area contributed by atoms with Gasteiger partial charge >= 0.3 is 0 Å². The molecule has 0 saturated carbocycles. The van der Waals surface area contributed by atoms with E-state index in [0.29, 0.717) is 5.92 Å². The van der Waals surface area contributed by atoms with Crippen LogP contribution >= 0.6 is 0 Å². The van der Waals surface area contributed by atoms with Gasteiger partial charge in [-0.3, -0.25) is 0 Å². The van der Waals surface area contributed by atoms with E-state index in [1.165, 1.54) is 11.1 Å². The third kappa shape index (κ3) is 2.10. The Morgan fingerprint density at radius 2 is 2.25 bits per heavy atom. The van der Waals surface area contributed by atoms with Gasteiger partial charge in [0.1, 0.15) is 0 Å². The second-order valence-corrected chi connectivity index (χ2v) is 3.69. The van der Waals surface area contributed by atoms with Crippen molar-refractivity contribution < 1.29 is 0 Å². The Bertz CT molecular complexity index is 242. The molecule has 0 aromatic heterocycles. The SMILES string of the molecule is C=CC(C)C1=C=C(CN(C)C)C1. The quantitative estimate of drug-likeness (QED) is 0.454. The van der Waals surface area contributed by atoms with Crippen LogP contribution in [0, 0.1) is 5.92 Å². The van der Waals surface area contributed by atoms with E-state index in [2.05, 4.69) is 38.2 Å². The predicted octanol–water partition coefficient (Wildman–Crippen LogP) is 2.23. The molecule has 0 fully saturated rings. The molecule has 12 heavy (non-hydrogen) atoms. The normalized spacial score (nSPS) is 18.0. The van der Waals surface area contributed by atoms with Gasteiger partial charge in [0, 0.05) is 18.9 Å². The average Bonchev–Trinajstić information content (AvgIpc) is 1.94. The van der Waals surface area contributed by atoms with Crippen LogP contribution < -0.4 is 0 Å². The lowest BCUT2D eigenvalue weighted by Gasteiger charge is -2.21. The summed E-state index contributed by atoms with van der Waals surface area (Å²) in [7, 11) is 4.17. The lowest BCUT2D eigenvalue weighted by Crippen LogP contribution is -2.18. The minimum Gasteiger partial charge on any atom is -0.305 e. The molecule has 0 aliphatic heterocycles.